The minimum atomic E-state index is 1.07. The van der Waals surface area contributed by atoms with Crippen LogP contribution in [0.1, 0.15) is 0 Å². The quantitative estimate of drug-likeness (QED) is 0.422. The van der Waals surface area contributed by atoms with Crippen molar-refractivity contribution in [3.63, 3.8) is 0 Å². The van der Waals surface area contributed by atoms with E-state index in [-0.39, 0.29) is 0 Å². The number of thiazole rings is 1. The van der Waals surface area contributed by atoms with Crippen LogP contribution in [0.2, 0.25) is 0 Å². The molecule has 3 aromatic carbocycles. The largest absolute Gasteiger partial charge is 0.236 e. The molecule has 96 valence electrons. The van der Waals surface area contributed by atoms with Gasteiger partial charge in [-0.05, 0) is 23.6 Å². The molecule has 0 N–H and O–H groups in total. The van der Waals surface area contributed by atoms with Crippen molar-refractivity contribution in [3.8, 4) is 10.6 Å². The molecule has 1 heterocycles. The average Bonchev–Trinajstić information content (AvgIpc) is 2.92. The molecule has 0 aliphatic rings. The van der Waals surface area contributed by atoms with Gasteiger partial charge in [-0.15, -0.1) is 11.3 Å². The Morgan fingerprint density at radius 1 is 0.900 bits per heavy atom. The van der Waals surface area contributed by atoms with E-state index < -0.39 is 0 Å². The molecular formula is C17H10BrNS. The molecule has 3 heteroatoms. The van der Waals surface area contributed by atoms with E-state index >= 15 is 0 Å². The Morgan fingerprint density at radius 2 is 1.75 bits per heavy atom. The molecule has 20 heavy (non-hydrogen) atoms. The van der Waals surface area contributed by atoms with Crippen LogP contribution < -0.4 is 0 Å². The monoisotopic (exact) mass is 339 g/mol. The van der Waals surface area contributed by atoms with Crippen molar-refractivity contribution in [2.45, 2.75) is 0 Å². The van der Waals surface area contributed by atoms with Crippen LogP contribution in [0.5, 0.6) is 0 Å². The highest BCUT2D eigenvalue weighted by Crippen LogP contribution is 2.35. The highest BCUT2D eigenvalue weighted by molar-refractivity contribution is 9.10. The maximum atomic E-state index is 4.76. The highest BCUT2D eigenvalue weighted by atomic mass is 79.9. The van der Waals surface area contributed by atoms with Crippen LogP contribution in [-0.2, 0) is 0 Å². The van der Waals surface area contributed by atoms with E-state index in [1.54, 1.807) is 11.3 Å². The summed E-state index contributed by atoms with van der Waals surface area (Å²) >= 11 is 5.29. The minimum absolute atomic E-state index is 1.07. The van der Waals surface area contributed by atoms with Gasteiger partial charge in [0, 0.05) is 15.4 Å². The molecule has 4 rings (SSSR count). The van der Waals surface area contributed by atoms with Crippen molar-refractivity contribution >= 4 is 48.3 Å². The zero-order valence-corrected chi connectivity index (χ0v) is 12.9. The van der Waals surface area contributed by atoms with E-state index in [0.717, 1.165) is 15.0 Å². The molecule has 0 amide bonds. The smallest absolute Gasteiger partial charge is 0.124 e. The lowest BCUT2D eigenvalue weighted by Gasteiger charge is -1.98. The van der Waals surface area contributed by atoms with Crippen LogP contribution in [0.3, 0.4) is 0 Å². The fourth-order valence-corrected chi connectivity index (χ4v) is 3.87. The van der Waals surface area contributed by atoms with Gasteiger partial charge in [0.25, 0.3) is 0 Å². The first-order chi connectivity index (χ1) is 9.81. The second-order valence-electron chi connectivity index (χ2n) is 4.66. The molecule has 0 bridgehead atoms. The number of hydrogen-bond acceptors (Lipinski definition) is 2. The zero-order valence-electron chi connectivity index (χ0n) is 10.5. The van der Waals surface area contributed by atoms with Crippen molar-refractivity contribution in [2.75, 3.05) is 0 Å². The molecule has 1 aromatic heterocycles. The number of rotatable bonds is 1. The van der Waals surface area contributed by atoms with E-state index in [2.05, 4.69) is 70.5 Å². The summed E-state index contributed by atoms with van der Waals surface area (Å²) in [6.45, 7) is 0. The second-order valence-corrected chi connectivity index (χ2v) is 6.58. The van der Waals surface area contributed by atoms with Crippen molar-refractivity contribution in [3.05, 3.63) is 65.1 Å². The van der Waals surface area contributed by atoms with Gasteiger partial charge in [-0.25, -0.2) is 4.98 Å². The van der Waals surface area contributed by atoms with Crippen molar-refractivity contribution in [2.24, 2.45) is 0 Å². The van der Waals surface area contributed by atoms with E-state index in [4.69, 9.17) is 4.98 Å². The minimum Gasteiger partial charge on any atom is -0.236 e. The zero-order chi connectivity index (χ0) is 13.5. The first-order valence-corrected chi connectivity index (χ1v) is 7.96. The fourth-order valence-electron chi connectivity index (χ4n) is 2.39. The predicted molar refractivity (Wildman–Crippen MR) is 90.3 cm³/mol. The van der Waals surface area contributed by atoms with Gasteiger partial charge in [0.15, 0.2) is 0 Å². The number of nitrogens with zero attached hydrogens (tertiary/aromatic N) is 1. The van der Waals surface area contributed by atoms with Gasteiger partial charge < -0.3 is 0 Å². The van der Waals surface area contributed by atoms with Gasteiger partial charge in [0.2, 0.25) is 0 Å². The molecule has 0 radical (unpaired) electrons. The lowest BCUT2D eigenvalue weighted by atomic mass is 10.1. The Hall–Kier alpha value is -1.71. The van der Waals surface area contributed by atoms with E-state index in [9.17, 15) is 0 Å². The number of aromatic nitrogens is 1. The van der Waals surface area contributed by atoms with Gasteiger partial charge in [-0.3, -0.25) is 0 Å². The van der Waals surface area contributed by atoms with Crippen LogP contribution in [0.25, 0.3) is 31.6 Å². The van der Waals surface area contributed by atoms with Gasteiger partial charge in [-0.1, -0.05) is 58.4 Å². The molecule has 0 saturated heterocycles. The van der Waals surface area contributed by atoms with Gasteiger partial charge >= 0.3 is 0 Å². The predicted octanol–water partition coefficient (Wildman–Crippen LogP) is 5.88. The molecule has 0 atom stereocenters. The van der Waals surface area contributed by atoms with Crippen LogP contribution in [-0.4, -0.2) is 4.98 Å². The Bertz CT molecular complexity index is 912. The highest BCUT2D eigenvalue weighted by Gasteiger charge is 2.09. The SMILES string of the molecule is Brc1ccc2c(ccc3nc(-c4ccccc4)sc32)c1. The molecule has 0 aliphatic carbocycles. The van der Waals surface area contributed by atoms with Gasteiger partial charge in [0.05, 0.1) is 10.2 Å². The van der Waals surface area contributed by atoms with Crippen LogP contribution in [0.4, 0.5) is 0 Å². The fraction of sp³-hybridized carbons (Fsp3) is 0. The Balaban J connectivity index is 2.02. The van der Waals surface area contributed by atoms with Crippen LogP contribution in [0.15, 0.2) is 65.1 Å². The number of fused-ring (bicyclic) bond motifs is 3. The number of benzene rings is 3. The number of hydrogen-bond donors (Lipinski definition) is 0. The molecule has 0 spiro atoms. The maximum absolute atomic E-state index is 4.76. The maximum Gasteiger partial charge on any atom is 0.124 e. The van der Waals surface area contributed by atoms with Crippen LogP contribution in [0, 0.1) is 0 Å². The standard InChI is InChI=1S/C17H10BrNS/c18-13-7-8-14-12(10-13)6-9-15-16(14)20-17(19-15)11-4-2-1-3-5-11/h1-10H. The third-order valence-corrected chi connectivity index (χ3v) is 5.00. The Morgan fingerprint density at radius 3 is 2.60 bits per heavy atom. The molecule has 0 unspecified atom stereocenters. The van der Waals surface area contributed by atoms with Crippen molar-refractivity contribution in [1.29, 1.82) is 0 Å². The summed E-state index contributed by atoms with van der Waals surface area (Å²) in [5, 5.41) is 3.59. The summed E-state index contributed by atoms with van der Waals surface area (Å²) in [5.41, 5.74) is 2.25. The summed E-state index contributed by atoms with van der Waals surface area (Å²) < 4.78 is 2.37. The normalized spacial score (nSPS) is 11.2. The van der Waals surface area contributed by atoms with E-state index in [1.165, 1.54) is 21.0 Å². The Labute approximate surface area is 129 Å². The molecular weight excluding hydrogens is 330 g/mol. The third-order valence-electron chi connectivity index (χ3n) is 3.35. The topological polar surface area (TPSA) is 12.9 Å². The van der Waals surface area contributed by atoms with E-state index in [0.29, 0.717) is 0 Å². The van der Waals surface area contributed by atoms with Crippen molar-refractivity contribution < 1.29 is 0 Å². The lowest BCUT2D eigenvalue weighted by Crippen LogP contribution is -1.75. The van der Waals surface area contributed by atoms with Crippen LogP contribution >= 0.6 is 27.3 Å². The van der Waals surface area contributed by atoms with Crippen molar-refractivity contribution in [1.82, 2.24) is 4.98 Å². The van der Waals surface area contributed by atoms with E-state index in [1.807, 2.05) is 6.07 Å². The second kappa shape index (κ2) is 4.69. The average molecular weight is 340 g/mol. The van der Waals surface area contributed by atoms with Gasteiger partial charge in [0.1, 0.15) is 5.01 Å². The summed E-state index contributed by atoms with van der Waals surface area (Å²) in [6, 6.07) is 21.0. The molecule has 4 aromatic rings. The first-order valence-electron chi connectivity index (χ1n) is 6.35. The lowest BCUT2D eigenvalue weighted by molar-refractivity contribution is 1.48. The number of halogens is 1. The first kappa shape index (κ1) is 12.1. The molecule has 1 nitrogen and oxygen atoms in total. The summed E-state index contributed by atoms with van der Waals surface area (Å²) in [4.78, 5) is 4.76. The molecule has 0 aliphatic heterocycles. The summed E-state index contributed by atoms with van der Waals surface area (Å²) in [7, 11) is 0. The molecule has 0 saturated carbocycles. The summed E-state index contributed by atoms with van der Waals surface area (Å²) in [6.07, 6.45) is 0. The third kappa shape index (κ3) is 1.94. The molecule has 0 fully saturated rings. The summed E-state index contributed by atoms with van der Waals surface area (Å²) in [5.74, 6) is 0. The Kier molecular flexibility index (Phi) is 2.83. The van der Waals surface area contributed by atoms with Gasteiger partial charge in [-0.2, -0.15) is 0 Å².